The van der Waals surface area contributed by atoms with Gasteiger partial charge in [0.25, 0.3) is 10.0 Å². The van der Waals surface area contributed by atoms with E-state index in [0.717, 1.165) is 10.0 Å². The van der Waals surface area contributed by atoms with Crippen LogP contribution in [0, 0.1) is 0 Å². The summed E-state index contributed by atoms with van der Waals surface area (Å²) in [7, 11) is -3.65. The molecule has 0 atom stereocenters. The molecule has 1 aliphatic heterocycles. The third-order valence-electron chi connectivity index (χ3n) is 2.73. The SMILES string of the molecule is O=S1(=O)N=C(c2ccccc2)Nc2cc(Br)ccc21. The molecule has 2 aromatic rings. The van der Waals surface area contributed by atoms with Gasteiger partial charge in [0.15, 0.2) is 5.84 Å². The zero-order valence-corrected chi connectivity index (χ0v) is 12.1. The maximum absolute atomic E-state index is 12.1. The zero-order valence-electron chi connectivity index (χ0n) is 9.67. The summed E-state index contributed by atoms with van der Waals surface area (Å²) in [4.78, 5) is 0.190. The Balaban J connectivity index is 2.16. The number of halogens is 1. The number of hydrogen-bond donors (Lipinski definition) is 1. The Bertz CT molecular complexity index is 770. The number of nitrogens with one attached hydrogen (secondary N) is 1. The van der Waals surface area contributed by atoms with Gasteiger partial charge in [0.1, 0.15) is 4.90 Å². The van der Waals surface area contributed by atoms with Crippen molar-refractivity contribution in [3.8, 4) is 0 Å². The summed E-state index contributed by atoms with van der Waals surface area (Å²) in [5.41, 5.74) is 1.26. The van der Waals surface area contributed by atoms with E-state index in [0.29, 0.717) is 11.5 Å². The molecule has 0 amide bonds. The van der Waals surface area contributed by atoms with Gasteiger partial charge in [-0.25, -0.2) is 0 Å². The second-order valence-electron chi connectivity index (χ2n) is 4.05. The van der Waals surface area contributed by atoms with E-state index >= 15 is 0 Å². The molecule has 6 heteroatoms. The summed E-state index contributed by atoms with van der Waals surface area (Å²) in [6, 6.07) is 14.1. The molecule has 0 radical (unpaired) electrons. The maximum Gasteiger partial charge on any atom is 0.286 e. The van der Waals surface area contributed by atoms with Crippen LogP contribution >= 0.6 is 15.9 Å². The largest absolute Gasteiger partial charge is 0.338 e. The highest BCUT2D eigenvalue weighted by atomic mass is 79.9. The molecule has 1 N–H and O–H groups in total. The Hall–Kier alpha value is -1.66. The van der Waals surface area contributed by atoms with E-state index < -0.39 is 10.0 Å². The van der Waals surface area contributed by atoms with E-state index in [-0.39, 0.29) is 4.90 Å². The van der Waals surface area contributed by atoms with Gasteiger partial charge in [0.05, 0.1) is 5.69 Å². The van der Waals surface area contributed by atoms with Crippen LogP contribution in [0.2, 0.25) is 0 Å². The molecule has 0 spiro atoms. The van der Waals surface area contributed by atoms with Gasteiger partial charge in [-0.1, -0.05) is 46.3 Å². The van der Waals surface area contributed by atoms with Crippen molar-refractivity contribution in [3.63, 3.8) is 0 Å². The number of sulfonamides is 1. The predicted molar refractivity (Wildman–Crippen MR) is 77.9 cm³/mol. The Morgan fingerprint density at radius 1 is 1.05 bits per heavy atom. The van der Waals surface area contributed by atoms with Crippen LogP contribution in [0.25, 0.3) is 0 Å². The molecular formula is C13H9BrN2O2S. The highest BCUT2D eigenvalue weighted by Crippen LogP contribution is 2.30. The lowest BCUT2D eigenvalue weighted by molar-refractivity contribution is 0.598. The summed E-state index contributed by atoms with van der Waals surface area (Å²) in [6.45, 7) is 0. The minimum atomic E-state index is -3.65. The molecule has 2 aromatic carbocycles. The average molecular weight is 337 g/mol. The highest BCUT2D eigenvalue weighted by Gasteiger charge is 2.25. The molecule has 0 aromatic heterocycles. The van der Waals surface area contributed by atoms with Gasteiger partial charge in [0.2, 0.25) is 0 Å². The van der Waals surface area contributed by atoms with Gasteiger partial charge in [-0.2, -0.15) is 8.42 Å². The predicted octanol–water partition coefficient (Wildman–Crippen LogP) is 3.01. The van der Waals surface area contributed by atoms with Gasteiger partial charge >= 0.3 is 0 Å². The molecule has 1 heterocycles. The van der Waals surface area contributed by atoms with Crippen molar-refractivity contribution in [2.24, 2.45) is 4.40 Å². The Morgan fingerprint density at radius 3 is 2.53 bits per heavy atom. The van der Waals surface area contributed by atoms with E-state index in [1.807, 2.05) is 30.3 Å². The fraction of sp³-hybridized carbons (Fsp3) is 0. The van der Waals surface area contributed by atoms with Crippen LogP contribution in [0.4, 0.5) is 5.69 Å². The van der Waals surface area contributed by atoms with E-state index in [1.165, 1.54) is 6.07 Å². The topological polar surface area (TPSA) is 58.5 Å². The Kier molecular flexibility index (Phi) is 2.91. The number of benzene rings is 2. The number of nitrogens with zero attached hydrogens (tertiary/aromatic N) is 1. The van der Waals surface area contributed by atoms with Gasteiger partial charge in [0, 0.05) is 10.0 Å². The first-order chi connectivity index (χ1) is 9.06. The molecule has 0 aliphatic carbocycles. The summed E-state index contributed by atoms with van der Waals surface area (Å²) in [5.74, 6) is 0.339. The third-order valence-corrected chi connectivity index (χ3v) is 4.56. The maximum atomic E-state index is 12.1. The normalized spacial score (nSPS) is 16.2. The quantitative estimate of drug-likeness (QED) is 0.870. The van der Waals surface area contributed by atoms with Crippen LogP contribution in [0.15, 0.2) is 62.3 Å². The summed E-state index contributed by atoms with van der Waals surface area (Å²) < 4.78 is 28.9. The molecule has 19 heavy (non-hydrogen) atoms. The summed E-state index contributed by atoms with van der Waals surface area (Å²) in [6.07, 6.45) is 0. The fourth-order valence-electron chi connectivity index (χ4n) is 1.87. The lowest BCUT2D eigenvalue weighted by atomic mass is 10.2. The zero-order chi connectivity index (χ0) is 13.5. The van der Waals surface area contributed by atoms with Crippen molar-refractivity contribution in [2.75, 3.05) is 5.32 Å². The molecule has 0 bridgehead atoms. The first-order valence-corrected chi connectivity index (χ1v) is 7.76. The van der Waals surface area contributed by atoms with Crippen molar-refractivity contribution >= 4 is 37.5 Å². The first kappa shape index (κ1) is 12.4. The molecule has 1 aliphatic rings. The van der Waals surface area contributed by atoms with Gasteiger partial charge in [-0.3, -0.25) is 0 Å². The highest BCUT2D eigenvalue weighted by molar-refractivity contribution is 9.10. The number of rotatable bonds is 1. The van der Waals surface area contributed by atoms with Crippen LogP contribution in [0.5, 0.6) is 0 Å². The standard InChI is InChI=1S/C13H9BrN2O2S/c14-10-6-7-12-11(8-10)15-13(16-19(12,17)18)9-4-2-1-3-5-9/h1-8H,(H,15,16). The van der Waals surface area contributed by atoms with Gasteiger partial charge in [-0.15, -0.1) is 4.40 Å². The van der Waals surface area contributed by atoms with E-state index in [9.17, 15) is 8.42 Å². The number of hydrogen-bond acceptors (Lipinski definition) is 3. The molecule has 3 rings (SSSR count). The van der Waals surface area contributed by atoms with Crippen LogP contribution < -0.4 is 5.32 Å². The fourth-order valence-corrected chi connectivity index (χ4v) is 3.34. The van der Waals surface area contributed by atoms with Crippen LogP contribution in [0.1, 0.15) is 5.56 Å². The Labute approximate surface area is 119 Å². The minimum absolute atomic E-state index is 0.190. The summed E-state index contributed by atoms with van der Waals surface area (Å²) >= 11 is 3.33. The first-order valence-electron chi connectivity index (χ1n) is 5.53. The van der Waals surface area contributed by atoms with Crippen molar-refractivity contribution in [1.82, 2.24) is 0 Å². The number of anilines is 1. The van der Waals surface area contributed by atoms with E-state index in [2.05, 4.69) is 25.6 Å². The number of amidine groups is 1. The van der Waals surface area contributed by atoms with Crippen LogP contribution in [0.3, 0.4) is 0 Å². The van der Waals surface area contributed by atoms with Crippen molar-refractivity contribution < 1.29 is 8.42 Å². The second kappa shape index (κ2) is 4.47. The molecule has 0 saturated heterocycles. The molecule has 4 nitrogen and oxygen atoms in total. The van der Waals surface area contributed by atoms with E-state index in [1.54, 1.807) is 12.1 Å². The summed E-state index contributed by atoms with van der Waals surface area (Å²) in [5, 5.41) is 3.05. The average Bonchev–Trinajstić information content (AvgIpc) is 2.38. The molecule has 96 valence electrons. The monoisotopic (exact) mass is 336 g/mol. The molecule has 0 fully saturated rings. The van der Waals surface area contributed by atoms with Gasteiger partial charge in [-0.05, 0) is 18.2 Å². The lowest BCUT2D eigenvalue weighted by Crippen LogP contribution is -2.22. The van der Waals surface area contributed by atoms with E-state index in [4.69, 9.17) is 0 Å². The van der Waals surface area contributed by atoms with Crippen molar-refractivity contribution in [1.29, 1.82) is 0 Å². The number of fused-ring (bicyclic) bond motifs is 1. The molecule has 0 saturated carbocycles. The van der Waals surface area contributed by atoms with Crippen molar-refractivity contribution in [3.05, 3.63) is 58.6 Å². The molecular weight excluding hydrogens is 328 g/mol. The van der Waals surface area contributed by atoms with Crippen LogP contribution in [-0.4, -0.2) is 14.3 Å². The van der Waals surface area contributed by atoms with Crippen LogP contribution in [-0.2, 0) is 10.0 Å². The van der Waals surface area contributed by atoms with Gasteiger partial charge < -0.3 is 5.32 Å². The second-order valence-corrected chi connectivity index (χ2v) is 6.53. The van der Waals surface area contributed by atoms with Crippen molar-refractivity contribution in [2.45, 2.75) is 4.90 Å². The Morgan fingerprint density at radius 2 is 1.79 bits per heavy atom. The lowest BCUT2D eigenvalue weighted by Gasteiger charge is -2.18. The third kappa shape index (κ3) is 2.29. The minimum Gasteiger partial charge on any atom is -0.338 e. The smallest absolute Gasteiger partial charge is 0.286 e. The molecule has 0 unspecified atom stereocenters.